The molecule has 0 bridgehead atoms. The highest BCUT2D eigenvalue weighted by molar-refractivity contribution is 5.98. The van der Waals surface area contributed by atoms with Gasteiger partial charge in [0.05, 0.1) is 12.8 Å². The van der Waals surface area contributed by atoms with Gasteiger partial charge in [0.15, 0.2) is 11.6 Å². The number of methoxy groups -OCH3 is 1. The molecular weight excluding hydrogens is 273 g/mol. The monoisotopic (exact) mass is 283 g/mol. The van der Waals surface area contributed by atoms with Gasteiger partial charge in [-0.2, -0.15) is 17.6 Å². The lowest BCUT2D eigenvalue weighted by Crippen LogP contribution is -2.41. The number of anilines is 1. The lowest BCUT2D eigenvalue weighted by Gasteiger charge is -2.24. The molecule has 0 saturated heterocycles. The summed E-state index contributed by atoms with van der Waals surface area (Å²) in [4.78, 5) is 11.5. The van der Waals surface area contributed by atoms with E-state index in [4.69, 9.17) is 0 Å². The molecule has 8 heteroatoms. The molecule has 0 heterocycles. The van der Waals surface area contributed by atoms with Gasteiger partial charge in [-0.05, 0) is 19.1 Å². The molecule has 0 aliphatic carbocycles. The highest BCUT2D eigenvalue weighted by Gasteiger charge is 2.43. The van der Waals surface area contributed by atoms with Crippen LogP contribution in [0.1, 0.15) is 6.92 Å². The van der Waals surface area contributed by atoms with E-state index in [1.807, 2.05) is 0 Å². The van der Waals surface area contributed by atoms with Crippen molar-refractivity contribution in [1.82, 2.24) is 0 Å². The average Bonchev–Trinajstić information content (AvgIpc) is 2.33. The van der Waals surface area contributed by atoms with E-state index in [9.17, 15) is 26.7 Å². The fourth-order valence-corrected chi connectivity index (χ4v) is 1.50. The molecule has 0 aliphatic rings. The van der Waals surface area contributed by atoms with Gasteiger partial charge in [0, 0.05) is 6.54 Å². The first kappa shape index (κ1) is 15.2. The van der Waals surface area contributed by atoms with E-state index in [0.29, 0.717) is 6.07 Å². The Bertz CT molecular complexity index is 487. The second-order valence-corrected chi connectivity index (χ2v) is 3.46. The second-order valence-electron chi connectivity index (χ2n) is 3.46. The molecule has 1 rings (SSSR count). The predicted octanol–water partition coefficient (Wildman–Crippen LogP) is 2.89. The number of benzene rings is 1. The Morgan fingerprint density at radius 3 is 2.32 bits per heavy atom. The summed E-state index contributed by atoms with van der Waals surface area (Å²) in [6.07, 6.45) is -5.12. The minimum Gasteiger partial charge on any atom is -0.491 e. The van der Waals surface area contributed by atoms with Gasteiger partial charge >= 0.3 is 12.1 Å². The molecule has 106 valence electrons. The predicted molar refractivity (Wildman–Crippen MR) is 57.0 cm³/mol. The summed E-state index contributed by atoms with van der Waals surface area (Å²) in [6, 6.07) is 1.48. The maximum Gasteiger partial charge on any atom is 0.471 e. The second kappa shape index (κ2) is 5.41. The lowest BCUT2D eigenvalue weighted by atomic mass is 10.2. The SMILES string of the molecule is CCN(C(=O)C(F)(F)F)c1ccc(F)c(F)c1OC. The van der Waals surface area contributed by atoms with Crippen molar-refractivity contribution in [2.45, 2.75) is 13.1 Å². The lowest BCUT2D eigenvalue weighted by molar-refractivity contribution is -0.170. The van der Waals surface area contributed by atoms with Gasteiger partial charge in [-0.3, -0.25) is 4.79 Å². The Balaban J connectivity index is 3.34. The highest BCUT2D eigenvalue weighted by atomic mass is 19.4. The third kappa shape index (κ3) is 2.94. The number of amides is 1. The number of carbonyl (C=O) groups excluding carboxylic acids is 1. The molecule has 0 radical (unpaired) electrons. The standard InChI is InChI=1S/C11H10F5NO2/c1-3-17(10(18)11(14,15)16)7-5-4-6(12)8(13)9(7)19-2/h4-5H,3H2,1-2H3. The fourth-order valence-electron chi connectivity index (χ4n) is 1.50. The molecule has 0 spiro atoms. The Hall–Kier alpha value is -1.86. The van der Waals surface area contributed by atoms with Crippen molar-refractivity contribution in [2.75, 3.05) is 18.6 Å². The van der Waals surface area contributed by atoms with E-state index in [1.54, 1.807) is 0 Å². The number of carbonyl (C=O) groups is 1. The minimum absolute atomic E-state index is 0.265. The first-order valence-electron chi connectivity index (χ1n) is 5.14. The van der Waals surface area contributed by atoms with Crippen LogP contribution in [0.15, 0.2) is 12.1 Å². The zero-order valence-corrected chi connectivity index (χ0v) is 10.0. The highest BCUT2D eigenvalue weighted by Crippen LogP contribution is 2.34. The van der Waals surface area contributed by atoms with Gasteiger partial charge < -0.3 is 9.64 Å². The van der Waals surface area contributed by atoms with E-state index >= 15 is 0 Å². The third-order valence-corrected chi connectivity index (χ3v) is 2.33. The molecule has 0 aromatic heterocycles. The average molecular weight is 283 g/mol. The number of alkyl halides is 3. The van der Waals surface area contributed by atoms with E-state index < -0.39 is 35.2 Å². The van der Waals surface area contributed by atoms with E-state index in [2.05, 4.69) is 4.74 Å². The van der Waals surface area contributed by atoms with Crippen molar-refractivity contribution < 1.29 is 31.5 Å². The fraction of sp³-hybridized carbons (Fsp3) is 0.364. The van der Waals surface area contributed by atoms with Gasteiger partial charge in [0.25, 0.3) is 0 Å². The third-order valence-electron chi connectivity index (χ3n) is 2.33. The molecular formula is C11H10F5NO2. The summed E-state index contributed by atoms with van der Waals surface area (Å²) < 4.78 is 68.1. The molecule has 1 aromatic rings. The number of ether oxygens (including phenoxy) is 1. The molecule has 1 aromatic carbocycles. The quantitative estimate of drug-likeness (QED) is 0.798. The number of rotatable bonds is 3. The summed E-state index contributed by atoms with van der Waals surface area (Å²) in [5.41, 5.74) is -0.480. The van der Waals surface area contributed by atoms with Crippen molar-refractivity contribution in [3.63, 3.8) is 0 Å². The molecule has 0 aliphatic heterocycles. The van der Waals surface area contributed by atoms with Gasteiger partial charge in [-0.15, -0.1) is 0 Å². The van der Waals surface area contributed by atoms with Gasteiger partial charge in [-0.25, -0.2) is 4.39 Å². The van der Waals surface area contributed by atoms with Crippen molar-refractivity contribution in [3.05, 3.63) is 23.8 Å². The molecule has 0 saturated carbocycles. The Morgan fingerprint density at radius 2 is 1.89 bits per heavy atom. The summed E-state index contributed by atoms with van der Waals surface area (Å²) in [5.74, 6) is -5.66. The Morgan fingerprint density at radius 1 is 1.32 bits per heavy atom. The van der Waals surface area contributed by atoms with Gasteiger partial charge in [-0.1, -0.05) is 0 Å². The largest absolute Gasteiger partial charge is 0.491 e. The van der Waals surface area contributed by atoms with E-state index in [1.165, 1.54) is 6.92 Å². The van der Waals surface area contributed by atoms with Crippen LogP contribution in [0.3, 0.4) is 0 Å². The van der Waals surface area contributed by atoms with Crippen LogP contribution in [0.4, 0.5) is 27.6 Å². The summed E-state index contributed by atoms with van der Waals surface area (Å²) in [7, 11) is 0.966. The molecule has 0 fully saturated rings. The maximum absolute atomic E-state index is 13.4. The topological polar surface area (TPSA) is 29.5 Å². The van der Waals surface area contributed by atoms with E-state index in [-0.39, 0.29) is 11.4 Å². The number of nitrogens with zero attached hydrogens (tertiary/aromatic N) is 1. The normalized spacial score (nSPS) is 11.3. The van der Waals surface area contributed by atoms with Crippen molar-refractivity contribution in [1.29, 1.82) is 0 Å². The number of halogens is 5. The molecule has 1 amide bonds. The smallest absolute Gasteiger partial charge is 0.471 e. The van der Waals surface area contributed by atoms with Crippen LogP contribution in [-0.4, -0.2) is 25.7 Å². The Kier molecular flexibility index (Phi) is 4.33. The summed E-state index contributed by atoms with van der Waals surface area (Å²) >= 11 is 0. The van der Waals surface area contributed by atoms with Crippen molar-refractivity contribution in [2.24, 2.45) is 0 Å². The Labute approximate surface area is 105 Å². The van der Waals surface area contributed by atoms with Crippen LogP contribution in [-0.2, 0) is 4.79 Å². The van der Waals surface area contributed by atoms with Crippen LogP contribution in [0.5, 0.6) is 5.75 Å². The molecule has 0 N–H and O–H groups in total. The molecule has 0 unspecified atom stereocenters. The van der Waals surface area contributed by atoms with Gasteiger partial charge in [0.2, 0.25) is 5.82 Å². The first-order chi connectivity index (χ1) is 8.73. The van der Waals surface area contributed by atoms with Crippen LogP contribution >= 0.6 is 0 Å². The van der Waals surface area contributed by atoms with Crippen LogP contribution in [0.25, 0.3) is 0 Å². The molecule has 3 nitrogen and oxygen atoms in total. The first-order valence-corrected chi connectivity index (χ1v) is 5.14. The minimum atomic E-state index is -5.12. The van der Waals surface area contributed by atoms with Crippen LogP contribution in [0, 0.1) is 11.6 Å². The zero-order valence-electron chi connectivity index (χ0n) is 10.0. The molecule has 19 heavy (non-hydrogen) atoms. The van der Waals surface area contributed by atoms with Gasteiger partial charge in [0.1, 0.15) is 0 Å². The number of hydrogen-bond donors (Lipinski definition) is 0. The van der Waals surface area contributed by atoms with Crippen LogP contribution < -0.4 is 9.64 Å². The maximum atomic E-state index is 13.4. The van der Waals surface area contributed by atoms with Crippen molar-refractivity contribution in [3.8, 4) is 5.75 Å². The summed E-state index contributed by atoms with van der Waals surface area (Å²) in [5, 5.41) is 0. The zero-order chi connectivity index (χ0) is 14.8. The van der Waals surface area contributed by atoms with E-state index in [0.717, 1.165) is 13.2 Å². The molecule has 0 atom stereocenters. The van der Waals surface area contributed by atoms with Crippen LogP contribution in [0.2, 0.25) is 0 Å². The van der Waals surface area contributed by atoms with Crippen molar-refractivity contribution >= 4 is 11.6 Å². The summed E-state index contributed by atoms with van der Waals surface area (Å²) in [6.45, 7) is 0.893. The number of hydrogen-bond acceptors (Lipinski definition) is 2.